The summed E-state index contributed by atoms with van der Waals surface area (Å²) in [6, 6.07) is 8.09. The average Bonchev–Trinajstić information content (AvgIpc) is 2.83. The Hall–Kier alpha value is -1.10. The van der Waals surface area contributed by atoms with Gasteiger partial charge in [-0.2, -0.15) is 0 Å². The Morgan fingerprint density at radius 2 is 2.22 bits per heavy atom. The first-order chi connectivity index (χ1) is 8.36. The molecule has 1 amide bonds. The minimum absolute atomic E-state index is 0. The largest absolute Gasteiger partial charge is 0.366 e. The third-order valence-corrected chi connectivity index (χ3v) is 3.36. The topological polar surface area (TPSA) is 41.6 Å². The van der Waals surface area contributed by atoms with Crippen LogP contribution in [-0.2, 0) is 16.0 Å². The number of amides is 1. The van der Waals surface area contributed by atoms with Crippen LogP contribution in [0, 0.1) is 0 Å². The Bertz CT molecular complexity index is 433. The number of halogens is 1. The summed E-state index contributed by atoms with van der Waals surface area (Å²) in [5.74, 6) is 0.0853. The summed E-state index contributed by atoms with van der Waals surface area (Å²) in [5, 5.41) is 3.19. The number of benzene rings is 1. The normalized spacial score (nSPS) is 22.2. The lowest BCUT2D eigenvalue weighted by molar-refractivity contribution is -0.131. The van der Waals surface area contributed by atoms with Gasteiger partial charge in [0.25, 0.3) is 5.91 Å². The molecule has 0 bridgehead atoms. The van der Waals surface area contributed by atoms with Gasteiger partial charge in [-0.1, -0.05) is 18.2 Å². The van der Waals surface area contributed by atoms with Crippen molar-refractivity contribution in [3.8, 4) is 0 Å². The molecule has 1 aromatic rings. The smallest absolute Gasteiger partial charge is 0.257 e. The Labute approximate surface area is 113 Å². The van der Waals surface area contributed by atoms with E-state index in [0.29, 0.717) is 13.2 Å². The summed E-state index contributed by atoms with van der Waals surface area (Å²) >= 11 is 0. The average molecular weight is 269 g/mol. The molecule has 1 N–H and O–H groups in total. The van der Waals surface area contributed by atoms with Crippen molar-refractivity contribution >= 4 is 24.0 Å². The molecule has 0 aliphatic carbocycles. The molecule has 1 atom stereocenters. The van der Waals surface area contributed by atoms with Gasteiger partial charge in [0.1, 0.15) is 6.10 Å². The molecular formula is C13H17ClN2O2. The first-order valence-corrected chi connectivity index (χ1v) is 6.08. The molecule has 1 saturated heterocycles. The number of hydrogen-bond donors (Lipinski definition) is 1. The van der Waals surface area contributed by atoms with Gasteiger partial charge in [-0.25, -0.2) is 0 Å². The number of rotatable bonds is 1. The summed E-state index contributed by atoms with van der Waals surface area (Å²) in [5.41, 5.74) is 2.30. The zero-order valence-corrected chi connectivity index (χ0v) is 10.9. The van der Waals surface area contributed by atoms with Crippen molar-refractivity contribution in [2.75, 3.05) is 31.1 Å². The molecule has 98 valence electrons. The molecule has 1 aromatic carbocycles. The molecule has 2 aliphatic heterocycles. The quantitative estimate of drug-likeness (QED) is 0.826. The van der Waals surface area contributed by atoms with E-state index in [9.17, 15) is 4.79 Å². The van der Waals surface area contributed by atoms with Crippen molar-refractivity contribution in [2.45, 2.75) is 12.5 Å². The molecule has 1 unspecified atom stereocenters. The lowest BCUT2D eigenvalue weighted by Gasteiger charge is -2.27. The summed E-state index contributed by atoms with van der Waals surface area (Å²) in [7, 11) is 0. The first kappa shape index (κ1) is 13.3. The Morgan fingerprint density at radius 3 is 3.00 bits per heavy atom. The second-order valence-electron chi connectivity index (χ2n) is 4.43. The summed E-state index contributed by atoms with van der Waals surface area (Å²) in [6.45, 7) is 2.85. The van der Waals surface area contributed by atoms with Crippen LogP contribution in [0.4, 0.5) is 5.69 Å². The van der Waals surface area contributed by atoms with E-state index in [1.807, 2.05) is 23.1 Å². The summed E-state index contributed by atoms with van der Waals surface area (Å²) in [4.78, 5) is 14.2. The van der Waals surface area contributed by atoms with Crippen LogP contribution in [0.2, 0.25) is 0 Å². The van der Waals surface area contributed by atoms with Crippen LogP contribution < -0.4 is 10.2 Å². The van der Waals surface area contributed by atoms with Crippen molar-refractivity contribution in [3.63, 3.8) is 0 Å². The molecule has 0 saturated carbocycles. The van der Waals surface area contributed by atoms with Crippen molar-refractivity contribution < 1.29 is 9.53 Å². The fourth-order valence-electron chi connectivity index (χ4n) is 2.47. The fourth-order valence-corrected chi connectivity index (χ4v) is 2.47. The van der Waals surface area contributed by atoms with Crippen LogP contribution in [0.1, 0.15) is 5.56 Å². The first-order valence-electron chi connectivity index (χ1n) is 6.08. The van der Waals surface area contributed by atoms with Crippen LogP contribution >= 0.6 is 12.4 Å². The fraction of sp³-hybridized carbons (Fsp3) is 0.462. The third kappa shape index (κ3) is 2.36. The van der Waals surface area contributed by atoms with Gasteiger partial charge in [-0.3, -0.25) is 4.79 Å². The second kappa shape index (κ2) is 5.69. The van der Waals surface area contributed by atoms with E-state index in [1.54, 1.807) is 0 Å². The number of hydrogen-bond acceptors (Lipinski definition) is 3. The van der Waals surface area contributed by atoms with Crippen molar-refractivity contribution in [1.82, 2.24) is 5.32 Å². The summed E-state index contributed by atoms with van der Waals surface area (Å²) < 4.78 is 5.51. The number of nitrogens with one attached hydrogen (secondary N) is 1. The van der Waals surface area contributed by atoms with Gasteiger partial charge in [0.15, 0.2) is 0 Å². The van der Waals surface area contributed by atoms with Crippen LogP contribution in [0.15, 0.2) is 24.3 Å². The zero-order chi connectivity index (χ0) is 11.7. The highest BCUT2D eigenvalue weighted by Gasteiger charge is 2.31. The second-order valence-corrected chi connectivity index (χ2v) is 4.43. The highest BCUT2D eigenvalue weighted by atomic mass is 35.5. The lowest BCUT2D eigenvalue weighted by Crippen LogP contribution is -2.49. The molecule has 0 aromatic heterocycles. The van der Waals surface area contributed by atoms with E-state index >= 15 is 0 Å². The van der Waals surface area contributed by atoms with Crippen LogP contribution in [0.5, 0.6) is 0 Å². The van der Waals surface area contributed by atoms with Gasteiger partial charge < -0.3 is 15.0 Å². The minimum Gasteiger partial charge on any atom is -0.366 e. The molecule has 2 heterocycles. The summed E-state index contributed by atoms with van der Waals surface area (Å²) in [6.07, 6.45) is 0.622. The van der Waals surface area contributed by atoms with Gasteiger partial charge in [0, 0.05) is 25.3 Å². The van der Waals surface area contributed by atoms with Crippen molar-refractivity contribution in [3.05, 3.63) is 29.8 Å². The highest BCUT2D eigenvalue weighted by molar-refractivity contribution is 5.98. The number of ether oxygens (including phenoxy) is 1. The van der Waals surface area contributed by atoms with Gasteiger partial charge in [0.05, 0.1) is 6.61 Å². The number of morpholine rings is 1. The Morgan fingerprint density at radius 1 is 1.39 bits per heavy atom. The predicted molar refractivity (Wildman–Crippen MR) is 72.4 cm³/mol. The monoisotopic (exact) mass is 268 g/mol. The van der Waals surface area contributed by atoms with E-state index in [-0.39, 0.29) is 24.4 Å². The van der Waals surface area contributed by atoms with E-state index < -0.39 is 0 Å². The van der Waals surface area contributed by atoms with E-state index in [1.165, 1.54) is 5.56 Å². The van der Waals surface area contributed by atoms with E-state index in [2.05, 4.69) is 11.4 Å². The third-order valence-electron chi connectivity index (χ3n) is 3.36. The van der Waals surface area contributed by atoms with Crippen LogP contribution in [-0.4, -0.2) is 38.3 Å². The maximum absolute atomic E-state index is 12.3. The Kier molecular flexibility index (Phi) is 4.22. The van der Waals surface area contributed by atoms with Gasteiger partial charge in [-0.15, -0.1) is 12.4 Å². The molecule has 0 radical (unpaired) electrons. The Balaban J connectivity index is 0.00000120. The molecule has 18 heavy (non-hydrogen) atoms. The van der Waals surface area contributed by atoms with E-state index in [4.69, 9.17) is 4.74 Å². The van der Waals surface area contributed by atoms with Gasteiger partial charge in [-0.05, 0) is 18.1 Å². The standard InChI is InChI=1S/C13H16N2O2.ClH/c16-13(12-9-14-6-8-17-12)15-7-5-10-3-1-2-4-11(10)15;/h1-4,12,14H,5-9H2;1H. The SMILES string of the molecule is Cl.O=C(C1CNCCO1)N1CCc2ccccc21. The number of carbonyl (C=O) groups excluding carboxylic acids is 1. The van der Waals surface area contributed by atoms with Crippen LogP contribution in [0.25, 0.3) is 0 Å². The maximum atomic E-state index is 12.3. The molecule has 5 heteroatoms. The van der Waals surface area contributed by atoms with E-state index in [0.717, 1.165) is 25.2 Å². The zero-order valence-electron chi connectivity index (χ0n) is 10.1. The lowest BCUT2D eigenvalue weighted by atomic mass is 10.2. The highest BCUT2D eigenvalue weighted by Crippen LogP contribution is 2.28. The van der Waals surface area contributed by atoms with Crippen LogP contribution in [0.3, 0.4) is 0 Å². The number of carbonyl (C=O) groups is 1. The molecule has 0 spiro atoms. The van der Waals surface area contributed by atoms with Crippen molar-refractivity contribution in [2.24, 2.45) is 0 Å². The van der Waals surface area contributed by atoms with Gasteiger partial charge >= 0.3 is 0 Å². The molecule has 2 aliphatic rings. The van der Waals surface area contributed by atoms with Crippen molar-refractivity contribution in [1.29, 1.82) is 0 Å². The maximum Gasteiger partial charge on any atom is 0.257 e. The minimum atomic E-state index is -0.324. The van der Waals surface area contributed by atoms with Gasteiger partial charge in [0.2, 0.25) is 0 Å². The molecular weight excluding hydrogens is 252 g/mol. The molecule has 4 nitrogen and oxygen atoms in total. The molecule has 3 rings (SSSR count). The predicted octanol–water partition coefficient (Wildman–Crippen LogP) is 0.986. The number of fused-ring (bicyclic) bond motifs is 1. The number of anilines is 1. The molecule has 1 fully saturated rings. The number of nitrogens with zero attached hydrogens (tertiary/aromatic N) is 1. The number of para-hydroxylation sites is 1.